The molecule has 2 N–H and O–H groups in total. The zero-order valence-electron chi connectivity index (χ0n) is 19.1. The molecule has 0 unspecified atom stereocenters. The summed E-state index contributed by atoms with van der Waals surface area (Å²) < 4.78 is 95.9. The molecule has 0 spiro atoms. The predicted octanol–water partition coefficient (Wildman–Crippen LogP) is -4.80. The van der Waals surface area contributed by atoms with Crippen LogP contribution in [0.25, 0.3) is 10.8 Å². The Morgan fingerprint density at radius 3 is 1.97 bits per heavy atom. The van der Waals surface area contributed by atoms with Gasteiger partial charge in [-0.2, -0.15) is 0 Å². The summed E-state index contributed by atoms with van der Waals surface area (Å²) in [6, 6.07) is 7.47. The largest absolute Gasteiger partial charge is 1.00 e. The molecule has 3 aromatic carbocycles. The quantitative estimate of drug-likeness (QED) is 0.169. The summed E-state index contributed by atoms with van der Waals surface area (Å²) in [4.78, 5) is 22.6. The molecule has 0 saturated heterocycles. The predicted molar refractivity (Wildman–Crippen MR) is 119 cm³/mol. The number of anilines is 2. The first-order chi connectivity index (χ1) is 16.1. The third-order valence-electron chi connectivity index (χ3n) is 5.11. The van der Waals surface area contributed by atoms with Gasteiger partial charge in [0, 0.05) is 16.5 Å². The molecule has 0 aromatic heterocycles. The van der Waals surface area contributed by atoms with E-state index in [1.165, 1.54) is 18.2 Å². The van der Waals surface area contributed by atoms with Crippen LogP contribution in [0.3, 0.4) is 0 Å². The SMILES string of the molecule is C=CS(=O)(=O)c1cccc(Nc2c(S(=O)(=O)[O-])c3c(c4ccc(S(=O)(=O)[O-])cc24)C(=O)NC3=O)c1.[Li+].[Li+]. The van der Waals surface area contributed by atoms with E-state index in [2.05, 4.69) is 11.9 Å². The van der Waals surface area contributed by atoms with Crippen LogP contribution in [0.5, 0.6) is 0 Å². The number of nitrogens with one attached hydrogen (secondary N) is 2. The monoisotopic (exact) mass is 550 g/mol. The van der Waals surface area contributed by atoms with E-state index in [0.29, 0.717) is 5.41 Å². The number of sulfone groups is 1. The van der Waals surface area contributed by atoms with Crippen molar-refractivity contribution in [3.63, 3.8) is 0 Å². The second-order valence-corrected chi connectivity index (χ2v) is 11.8. The Labute approximate surface area is 235 Å². The first kappa shape index (κ1) is 30.8. The van der Waals surface area contributed by atoms with E-state index in [-0.39, 0.29) is 59.1 Å². The van der Waals surface area contributed by atoms with E-state index in [1.54, 1.807) is 0 Å². The Morgan fingerprint density at radius 1 is 0.784 bits per heavy atom. The molecule has 1 aliphatic heterocycles. The molecule has 1 aliphatic rings. The number of imide groups is 1. The van der Waals surface area contributed by atoms with Gasteiger partial charge in [-0.05, 0) is 35.7 Å². The van der Waals surface area contributed by atoms with Gasteiger partial charge in [0.25, 0.3) is 11.8 Å². The fraction of sp³-hybridized carbons (Fsp3) is 0. The molecule has 0 fully saturated rings. The van der Waals surface area contributed by atoms with E-state index in [0.717, 1.165) is 24.3 Å². The standard InChI is InChI=1S/C20H14N2O10S3.2Li/c1-2-33(25,26)11-5-3-4-10(8-11)21-17-14-9-12(34(27,28)29)6-7-13(14)15-16(18(17)35(30,31)32)20(24)22-19(15)23;;/h2-9,21H,1H2,(H,22,23,24)(H,27,28,29)(H,30,31,32);;/q;2*+1/p-2. The smallest absolute Gasteiger partial charge is 0.744 e. The molecule has 0 bridgehead atoms. The minimum atomic E-state index is -5.51. The maximum absolute atomic E-state index is 12.4. The Morgan fingerprint density at radius 2 is 1.41 bits per heavy atom. The zero-order valence-corrected chi connectivity index (χ0v) is 21.6. The number of fused-ring (bicyclic) bond motifs is 3. The Balaban J connectivity index is 0.00000241. The molecule has 2 amide bonds. The molecule has 12 nitrogen and oxygen atoms in total. The maximum atomic E-state index is 12.4. The van der Waals surface area contributed by atoms with Crippen LogP contribution in [0.4, 0.5) is 11.4 Å². The van der Waals surface area contributed by atoms with Crippen molar-refractivity contribution in [3.8, 4) is 0 Å². The Hall–Kier alpha value is -2.44. The van der Waals surface area contributed by atoms with Crippen LogP contribution in [-0.4, -0.2) is 46.2 Å². The van der Waals surface area contributed by atoms with Crippen molar-refractivity contribution in [1.82, 2.24) is 5.32 Å². The molecule has 37 heavy (non-hydrogen) atoms. The van der Waals surface area contributed by atoms with Crippen LogP contribution < -0.4 is 48.4 Å². The minimum Gasteiger partial charge on any atom is -0.744 e. The van der Waals surface area contributed by atoms with Gasteiger partial charge in [0.05, 0.1) is 31.5 Å². The maximum Gasteiger partial charge on any atom is 1.00 e. The first-order valence-electron chi connectivity index (χ1n) is 9.31. The summed E-state index contributed by atoms with van der Waals surface area (Å²) in [5.41, 5.74) is -1.98. The number of carbonyl (C=O) groups excluding carboxylic acids is 2. The van der Waals surface area contributed by atoms with Crippen LogP contribution in [-0.2, 0) is 30.1 Å². The summed E-state index contributed by atoms with van der Waals surface area (Å²) in [5.74, 6) is -2.23. The summed E-state index contributed by atoms with van der Waals surface area (Å²) >= 11 is 0. The number of carbonyl (C=O) groups is 2. The van der Waals surface area contributed by atoms with E-state index in [9.17, 15) is 43.9 Å². The van der Waals surface area contributed by atoms with Gasteiger partial charge >= 0.3 is 37.7 Å². The zero-order chi connectivity index (χ0) is 25.9. The van der Waals surface area contributed by atoms with Gasteiger partial charge < -0.3 is 14.4 Å². The number of hydrogen-bond acceptors (Lipinski definition) is 11. The van der Waals surface area contributed by atoms with Crippen LogP contribution in [0.1, 0.15) is 20.7 Å². The average Bonchev–Trinajstić information content (AvgIpc) is 3.05. The number of benzene rings is 3. The normalized spacial score (nSPS) is 13.2. The van der Waals surface area contributed by atoms with Gasteiger partial charge in [0.2, 0.25) is 0 Å². The summed E-state index contributed by atoms with van der Waals surface area (Å²) in [5, 5.41) is 4.59. The average molecular weight is 550 g/mol. The summed E-state index contributed by atoms with van der Waals surface area (Å²) in [6.45, 7) is 3.21. The Bertz CT molecular complexity index is 1820. The summed E-state index contributed by atoms with van der Waals surface area (Å²) in [7, 11) is -14.5. The van der Waals surface area contributed by atoms with E-state index >= 15 is 0 Å². The molecule has 4 rings (SSSR count). The van der Waals surface area contributed by atoms with Crippen molar-refractivity contribution >= 4 is 64.0 Å². The van der Waals surface area contributed by atoms with Gasteiger partial charge in [0.1, 0.15) is 20.2 Å². The van der Waals surface area contributed by atoms with Crippen LogP contribution >= 0.6 is 0 Å². The first-order valence-corrected chi connectivity index (χ1v) is 13.7. The van der Waals surface area contributed by atoms with Crippen molar-refractivity contribution in [3.05, 3.63) is 65.6 Å². The minimum absolute atomic E-state index is 0. The molecule has 0 aliphatic carbocycles. The second kappa shape index (κ2) is 10.4. The van der Waals surface area contributed by atoms with Gasteiger partial charge in [-0.3, -0.25) is 14.9 Å². The van der Waals surface area contributed by atoms with Crippen molar-refractivity contribution in [2.75, 3.05) is 5.32 Å². The fourth-order valence-electron chi connectivity index (χ4n) is 3.65. The van der Waals surface area contributed by atoms with E-state index in [4.69, 9.17) is 0 Å². The Kier molecular flexibility index (Phi) is 8.64. The molecular formula is C20H12Li2N2O10S3. The molecular weight excluding hydrogens is 538 g/mol. The van der Waals surface area contributed by atoms with Gasteiger partial charge in [-0.15, -0.1) is 0 Å². The fourth-order valence-corrected chi connectivity index (χ4v) is 5.75. The van der Waals surface area contributed by atoms with Crippen molar-refractivity contribution < 1.29 is 81.7 Å². The second-order valence-electron chi connectivity index (χ2n) is 7.22. The number of amides is 2. The molecule has 17 heteroatoms. The third-order valence-corrected chi connectivity index (χ3v) is 8.19. The molecule has 0 saturated carbocycles. The number of hydrogen-bond donors (Lipinski definition) is 2. The van der Waals surface area contributed by atoms with E-state index in [1.807, 2.05) is 5.32 Å². The topological polar surface area (TPSA) is 207 Å². The van der Waals surface area contributed by atoms with Gasteiger partial charge in [-0.25, -0.2) is 25.3 Å². The van der Waals surface area contributed by atoms with E-state index < -0.39 is 68.5 Å². The van der Waals surface area contributed by atoms with Crippen LogP contribution in [0, 0.1) is 0 Å². The van der Waals surface area contributed by atoms with Crippen LogP contribution in [0.15, 0.2) is 69.1 Å². The molecule has 0 radical (unpaired) electrons. The summed E-state index contributed by atoms with van der Waals surface area (Å²) in [6.07, 6.45) is 0. The van der Waals surface area contributed by atoms with Crippen LogP contribution in [0.2, 0.25) is 0 Å². The van der Waals surface area contributed by atoms with Crippen molar-refractivity contribution in [2.24, 2.45) is 0 Å². The van der Waals surface area contributed by atoms with Crippen molar-refractivity contribution in [2.45, 2.75) is 14.7 Å². The van der Waals surface area contributed by atoms with Gasteiger partial charge in [0.15, 0.2) is 9.84 Å². The third kappa shape index (κ3) is 5.56. The van der Waals surface area contributed by atoms with Crippen molar-refractivity contribution in [1.29, 1.82) is 0 Å². The number of rotatable bonds is 6. The molecule has 1 heterocycles. The van der Waals surface area contributed by atoms with Gasteiger partial charge in [-0.1, -0.05) is 18.7 Å². The molecule has 182 valence electrons. The molecule has 3 aromatic rings. The molecule has 0 atom stereocenters.